The molecule has 0 atom stereocenters. The monoisotopic (exact) mass is 303 g/mol. The van der Waals surface area contributed by atoms with E-state index in [2.05, 4.69) is 5.32 Å². The molecule has 4 N–H and O–H groups in total. The Hall–Kier alpha value is -2.06. The molecule has 0 saturated heterocycles. The van der Waals surface area contributed by atoms with E-state index in [1.807, 2.05) is 0 Å². The minimum atomic E-state index is -1.60. The van der Waals surface area contributed by atoms with Gasteiger partial charge in [-0.05, 0) is 18.6 Å². The van der Waals surface area contributed by atoms with E-state index in [0.29, 0.717) is 12.1 Å². The number of amides is 1. The largest absolute Gasteiger partial charge is 0.478 e. The molecular formula is C13H15F2NO5. The number of benzene rings is 1. The third-order valence-electron chi connectivity index (χ3n) is 3.20. The highest BCUT2D eigenvalue weighted by Gasteiger charge is 2.31. The first-order chi connectivity index (χ1) is 9.80. The van der Waals surface area contributed by atoms with Crippen LogP contribution in [0.25, 0.3) is 0 Å². The summed E-state index contributed by atoms with van der Waals surface area (Å²) in [5.74, 6) is -5.40. The highest BCUT2D eigenvalue weighted by Crippen LogP contribution is 2.17. The van der Waals surface area contributed by atoms with Crippen LogP contribution in [0.1, 0.15) is 34.1 Å². The van der Waals surface area contributed by atoms with Gasteiger partial charge in [0.05, 0.1) is 29.9 Å². The molecule has 0 aliphatic heterocycles. The summed E-state index contributed by atoms with van der Waals surface area (Å²) in [6, 6.07) is 0.862. The Morgan fingerprint density at radius 2 is 1.62 bits per heavy atom. The van der Waals surface area contributed by atoms with E-state index >= 15 is 0 Å². The average Bonchev–Trinajstić information content (AvgIpc) is 2.46. The Labute approximate surface area is 119 Å². The van der Waals surface area contributed by atoms with Crippen molar-refractivity contribution in [1.82, 2.24) is 5.32 Å². The number of carbonyl (C=O) groups excluding carboxylic acids is 1. The molecule has 8 heteroatoms. The minimum absolute atomic E-state index is 0.151. The topological polar surface area (TPSA) is 107 Å². The van der Waals surface area contributed by atoms with Gasteiger partial charge in [0.1, 0.15) is 0 Å². The third kappa shape index (κ3) is 3.53. The fourth-order valence-corrected chi connectivity index (χ4v) is 1.66. The van der Waals surface area contributed by atoms with Crippen LogP contribution >= 0.6 is 0 Å². The number of carbonyl (C=O) groups is 2. The first kappa shape index (κ1) is 17.0. The lowest BCUT2D eigenvalue weighted by molar-refractivity contribution is 0.0635. The van der Waals surface area contributed by atoms with Gasteiger partial charge in [-0.3, -0.25) is 4.79 Å². The van der Waals surface area contributed by atoms with Crippen LogP contribution in [0, 0.1) is 11.6 Å². The molecule has 6 nitrogen and oxygen atoms in total. The standard InChI is InChI=1S/C13H15F2NO5/c1-2-13(5-17,6-18)16-11(19)7-3-9(14)10(15)4-8(7)12(20)21/h3-4,17-18H,2,5-6H2,1H3,(H,16,19)(H,20,21). The maximum Gasteiger partial charge on any atom is 0.336 e. The van der Waals surface area contributed by atoms with Gasteiger partial charge in [-0.2, -0.15) is 0 Å². The number of rotatable bonds is 6. The predicted molar refractivity (Wildman–Crippen MR) is 68.0 cm³/mol. The second-order valence-electron chi connectivity index (χ2n) is 4.52. The molecule has 0 heterocycles. The molecule has 0 aliphatic carbocycles. The van der Waals surface area contributed by atoms with Gasteiger partial charge < -0.3 is 20.6 Å². The van der Waals surface area contributed by atoms with Crippen molar-refractivity contribution in [2.24, 2.45) is 0 Å². The van der Waals surface area contributed by atoms with Gasteiger partial charge in [0.25, 0.3) is 5.91 Å². The molecule has 0 spiro atoms. The van der Waals surface area contributed by atoms with Crippen molar-refractivity contribution in [2.45, 2.75) is 18.9 Å². The molecule has 0 saturated carbocycles. The zero-order valence-electron chi connectivity index (χ0n) is 11.2. The molecule has 0 fully saturated rings. The van der Waals surface area contributed by atoms with Crippen LogP contribution in [0.2, 0.25) is 0 Å². The van der Waals surface area contributed by atoms with Crippen LogP contribution < -0.4 is 5.32 Å². The van der Waals surface area contributed by atoms with Gasteiger partial charge in [0.15, 0.2) is 11.6 Å². The molecular weight excluding hydrogens is 288 g/mol. The number of carboxylic acids is 1. The number of aromatic carboxylic acids is 1. The van der Waals surface area contributed by atoms with Gasteiger partial charge in [-0.25, -0.2) is 13.6 Å². The molecule has 0 unspecified atom stereocenters. The van der Waals surface area contributed by atoms with Crippen LogP contribution in [-0.2, 0) is 0 Å². The van der Waals surface area contributed by atoms with Gasteiger partial charge in [0.2, 0.25) is 0 Å². The summed E-state index contributed by atoms with van der Waals surface area (Å²) in [5, 5.41) is 29.6. The van der Waals surface area contributed by atoms with Gasteiger partial charge in [-0.15, -0.1) is 0 Å². The molecule has 1 aromatic carbocycles. The van der Waals surface area contributed by atoms with Crippen LogP contribution in [0.3, 0.4) is 0 Å². The average molecular weight is 303 g/mol. The van der Waals surface area contributed by atoms with Crippen molar-refractivity contribution in [3.63, 3.8) is 0 Å². The highest BCUT2D eigenvalue weighted by atomic mass is 19.2. The molecule has 1 amide bonds. The maximum absolute atomic E-state index is 13.2. The number of carboxylic acid groups (broad SMARTS) is 1. The quantitative estimate of drug-likeness (QED) is 0.613. The normalized spacial score (nSPS) is 11.3. The molecule has 0 aromatic heterocycles. The van der Waals surface area contributed by atoms with E-state index in [0.717, 1.165) is 0 Å². The molecule has 21 heavy (non-hydrogen) atoms. The smallest absolute Gasteiger partial charge is 0.336 e. The second-order valence-corrected chi connectivity index (χ2v) is 4.52. The Balaban J connectivity index is 3.24. The summed E-state index contributed by atoms with van der Waals surface area (Å²) in [4.78, 5) is 23.0. The summed E-state index contributed by atoms with van der Waals surface area (Å²) in [5.41, 5.74) is -2.69. The van der Waals surface area contributed by atoms with Gasteiger partial charge in [-0.1, -0.05) is 6.92 Å². The molecule has 116 valence electrons. The predicted octanol–water partition coefficient (Wildman–Crippen LogP) is 0.526. The molecule has 0 radical (unpaired) electrons. The first-order valence-corrected chi connectivity index (χ1v) is 6.06. The molecule has 0 bridgehead atoms. The number of aliphatic hydroxyl groups is 2. The number of nitrogens with one attached hydrogen (secondary N) is 1. The first-order valence-electron chi connectivity index (χ1n) is 6.06. The number of hydrogen-bond donors (Lipinski definition) is 4. The van der Waals surface area contributed by atoms with Gasteiger partial charge >= 0.3 is 5.97 Å². The van der Waals surface area contributed by atoms with Crippen molar-refractivity contribution in [2.75, 3.05) is 13.2 Å². The SMILES string of the molecule is CCC(CO)(CO)NC(=O)c1cc(F)c(F)cc1C(=O)O. The van der Waals surface area contributed by atoms with Crippen molar-refractivity contribution in [3.05, 3.63) is 34.9 Å². The summed E-state index contributed by atoms with van der Waals surface area (Å²) in [6.45, 7) is 0.381. The molecule has 0 aliphatic rings. The van der Waals surface area contributed by atoms with E-state index in [-0.39, 0.29) is 6.42 Å². The van der Waals surface area contributed by atoms with Crippen molar-refractivity contribution in [3.8, 4) is 0 Å². The fourth-order valence-electron chi connectivity index (χ4n) is 1.66. The van der Waals surface area contributed by atoms with Crippen molar-refractivity contribution in [1.29, 1.82) is 0 Å². The number of halogens is 2. The van der Waals surface area contributed by atoms with Gasteiger partial charge in [0, 0.05) is 0 Å². The lowest BCUT2D eigenvalue weighted by atomic mass is 9.97. The lowest BCUT2D eigenvalue weighted by Gasteiger charge is -2.29. The second kappa shape index (κ2) is 6.59. The summed E-state index contributed by atoms with van der Waals surface area (Å²) >= 11 is 0. The maximum atomic E-state index is 13.2. The van der Waals surface area contributed by atoms with Crippen LogP contribution in [-0.4, -0.2) is 45.9 Å². The Morgan fingerprint density at radius 3 is 2.00 bits per heavy atom. The van der Waals surface area contributed by atoms with Crippen LogP contribution in [0.15, 0.2) is 12.1 Å². The van der Waals surface area contributed by atoms with E-state index in [1.54, 1.807) is 6.92 Å². The summed E-state index contributed by atoms with van der Waals surface area (Å²) in [6.07, 6.45) is 0.151. The number of hydrogen-bond acceptors (Lipinski definition) is 4. The van der Waals surface area contributed by atoms with Crippen LogP contribution in [0.5, 0.6) is 0 Å². The lowest BCUT2D eigenvalue weighted by Crippen LogP contribution is -2.54. The molecule has 1 rings (SSSR count). The van der Waals surface area contributed by atoms with E-state index < -0.39 is 53.4 Å². The Morgan fingerprint density at radius 1 is 1.14 bits per heavy atom. The Kier molecular flexibility index (Phi) is 5.34. The highest BCUT2D eigenvalue weighted by molar-refractivity contribution is 6.05. The number of aliphatic hydroxyl groups excluding tert-OH is 2. The zero-order chi connectivity index (χ0) is 16.2. The minimum Gasteiger partial charge on any atom is -0.478 e. The Bertz CT molecular complexity index is 549. The van der Waals surface area contributed by atoms with E-state index in [1.165, 1.54) is 0 Å². The van der Waals surface area contributed by atoms with Crippen LogP contribution in [0.4, 0.5) is 8.78 Å². The summed E-state index contributed by atoms with van der Waals surface area (Å²) < 4.78 is 26.3. The summed E-state index contributed by atoms with van der Waals surface area (Å²) in [7, 11) is 0. The van der Waals surface area contributed by atoms with E-state index in [4.69, 9.17) is 5.11 Å². The third-order valence-corrected chi connectivity index (χ3v) is 3.20. The van der Waals surface area contributed by atoms with E-state index in [9.17, 15) is 28.6 Å². The molecule has 1 aromatic rings. The van der Waals surface area contributed by atoms with Crippen molar-refractivity contribution < 1.29 is 33.7 Å². The fraction of sp³-hybridized carbons (Fsp3) is 0.385. The zero-order valence-corrected chi connectivity index (χ0v) is 11.2. The van der Waals surface area contributed by atoms with Crippen molar-refractivity contribution >= 4 is 11.9 Å².